The van der Waals surface area contributed by atoms with Gasteiger partial charge in [0, 0.05) is 19.3 Å². The molecule has 11 heavy (non-hydrogen) atoms. The summed E-state index contributed by atoms with van der Waals surface area (Å²) in [5.41, 5.74) is 0. The number of rotatable bonds is 0. The summed E-state index contributed by atoms with van der Waals surface area (Å²) >= 11 is 0. The monoisotopic (exact) mass is 175 g/mol. The van der Waals surface area contributed by atoms with Crippen LogP contribution >= 0.6 is 12.4 Å². The minimum Gasteiger partial charge on any atom is -0.481 e. The summed E-state index contributed by atoms with van der Waals surface area (Å²) in [4.78, 5) is 12.8. The van der Waals surface area contributed by atoms with Crippen LogP contribution < -0.4 is 0 Å². The molecule has 0 atom stereocenters. The maximum absolute atomic E-state index is 9.00. The lowest BCUT2D eigenvalue weighted by atomic mass is 10.5. The second kappa shape index (κ2) is 8.91. The Kier molecular flexibility index (Phi) is 10.2. The number of carboxylic acids is 1. The Bertz CT molecular complexity index is 148. The summed E-state index contributed by atoms with van der Waals surface area (Å²) in [6, 6.07) is 5.72. The highest BCUT2D eigenvalue weighted by Gasteiger charge is 1.65. The fraction of sp³-hybridized carbons (Fsp3) is 0.143. The summed E-state index contributed by atoms with van der Waals surface area (Å²) < 4.78 is 0. The van der Waals surface area contributed by atoms with Gasteiger partial charge in [-0.3, -0.25) is 9.78 Å². The van der Waals surface area contributed by atoms with Gasteiger partial charge in [0.2, 0.25) is 0 Å². The fourth-order valence-electron chi connectivity index (χ4n) is 0.313. The van der Waals surface area contributed by atoms with Crippen molar-refractivity contribution in [2.24, 2.45) is 0 Å². The standard InChI is InChI=1S/C5H5N.C2H4O2.ClH/c1-2-4-6-5-3-1;1-2(3)4;/h1-5H;1H3,(H,3,4);1H. The topological polar surface area (TPSA) is 50.2 Å². The van der Waals surface area contributed by atoms with E-state index >= 15 is 0 Å². The minimum atomic E-state index is -0.833. The van der Waals surface area contributed by atoms with Crippen LogP contribution in [0.1, 0.15) is 6.92 Å². The highest BCUT2D eigenvalue weighted by atomic mass is 35.5. The van der Waals surface area contributed by atoms with Crippen molar-refractivity contribution in [1.29, 1.82) is 0 Å². The average Bonchev–Trinajstić information content (AvgIpc) is 1.90. The SMILES string of the molecule is CC(=O)O.Cl.c1ccncc1. The smallest absolute Gasteiger partial charge is 0.300 e. The molecule has 0 aromatic carbocycles. The number of carboxylic acid groups (broad SMARTS) is 1. The number of pyridine rings is 1. The largest absolute Gasteiger partial charge is 0.481 e. The molecule has 0 saturated carbocycles. The van der Waals surface area contributed by atoms with Gasteiger partial charge in [0.05, 0.1) is 0 Å². The second-order valence-corrected chi connectivity index (χ2v) is 1.54. The van der Waals surface area contributed by atoms with Gasteiger partial charge in [0.25, 0.3) is 5.97 Å². The van der Waals surface area contributed by atoms with Gasteiger partial charge in [-0.05, 0) is 12.1 Å². The van der Waals surface area contributed by atoms with Gasteiger partial charge in [-0.15, -0.1) is 12.4 Å². The molecule has 0 bridgehead atoms. The van der Waals surface area contributed by atoms with Crippen LogP contribution in [0, 0.1) is 0 Å². The number of aromatic nitrogens is 1. The van der Waals surface area contributed by atoms with Crippen LogP contribution in [0.25, 0.3) is 0 Å². The van der Waals surface area contributed by atoms with Gasteiger partial charge >= 0.3 is 0 Å². The zero-order valence-electron chi connectivity index (χ0n) is 6.10. The van der Waals surface area contributed by atoms with Crippen molar-refractivity contribution in [2.75, 3.05) is 0 Å². The lowest BCUT2D eigenvalue weighted by Gasteiger charge is -1.70. The van der Waals surface area contributed by atoms with E-state index in [2.05, 4.69) is 4.98 Å². The normalized spacial score (nSPS) is 6.64. The van der Waals surface area contributed by atoms with Crippen molar-refractivity contribution >= 4 is 18.4 Å². The molecule has 1 rings (SSSR count). The molecule has 1 aromatic rings. The van der Waals surface area contributed by atoms with E-state index in [1.54, 1.807) is 12.4 Å². The zero-order valence-corrected chi connectivity index (χ0v) is 6.91. The molecule has 0 spiro atoms. The molecule has 62 valence electrons. The highest BCUT2D eigenvalue weighted by molar-refractivity contribution is 5.85. The van der Waals surface area contributed by atoms with Crippen molar-refractivity contribution in [3.63, 3.8) is 0 Å². The number of hydrogen-bond donors (Lipinski definition) is 1. The van der Waals surface area contributed by atoms with Crippen LogP contribution in [0.5, 0.6) is 0 Å². The summed E-state index contributed by atoms with van der Waals surface area (Å²) in [6.45, 7) is 1.08. The molecule has 1 N–H and O–H groups in total. The number of nitrogens with zero attached hydrogens (tertiary/aromatic N) is 1. The van der Waals surface area contributed by atoms with Gasteiger partial charge in [-0.1, -0.05) is 6.07 Å². The number of aliphatic carboxylic acids is 1. The molecule has 0 radical (unpaired) electrons. The van der Waals surface area contributed by atoms with Gasteiger partial charge in [-0.25, -0.2) is 0 Å². The van der Waals surface area contributed by atoms with E-state index in [0.29, 0.717) is 0 Å². The molecular formula is C7H10ClNO2. The average molecular weight is 176 g/mol. The summed E-state index contributed by atoms with van der Waals surface area (Å²) in [7, 11) is 0. The molecular weight excluding hydrogens is 166 g/mol. The van der Waals surface area contributed by atoms with Crippen LogP contribution in [0.2, 0.25) is 0 Å². The Hall–Kier alpha value is -1.09. The van der Waals surface area contributed by atoms with E-state index in [-0.39, 0.29) is 12.4 Å². The molecule has 3 nitrogen and oxygen atoms in total. The molecule has 0 aliphatic rings. The van der Waals surface area contributed by atoms with Crippen molar-refractivity contribution in [1.82, 2.24) is 4.98 Å². The van der Waals surface area contributed by atoms with E-state index in [4.69, 9.17) is 9.90 Å². The first-order valence-electron chi connectivity index (χ1n) is 2.78. The van der Waals surface area contributed by atoms with Crippen LogP contribution in [0.15, 0.2) is 30.6 Å². The number of carbonyl (C=O) groups is 1. The Morgan fingerprint density at radius 2 is 1.64 bits per heavy atom. The molecule has 0 aliphatic carbocycles. The van der Waals surface area contributed by atoms with Gasteiger partial charge in [0.15, 0.2) is 0 Å². The lowest BCUT2D eigenvalue weighted by Crippen LogP contribution is -1.78. The van der Waals surface area contributed by atoms with Crippen molar-refractivity contribution in [3.05, 3.63) is 30.6 Å². The van der Waals surface area contributed by atoms with Crippen LogP contribution in [0.3, 0.4) is 0 Å². The van der Waals surface area contributed by atoms with Crippen molar-refractivity contribution in [3.8, 4) is 0 Å². The maximum Gasteiger partial charge on any atom is 0.300 e. The third kappa shape index (κ3) is 17.6. The van der Waals surface area contributed by atoms with E-state index in [0.717, 1.165) is 6.92 Å². The molecule has 0 unspecified atom stereocenters. The van der Waals surface area contributed by atoms with Gasteiger partial charge in [0.1, 0.15) is 0 Å². The first kappa shape index (κ1) is 12.6. The summed E-state index contributed by atoms with van der Waals surface area (Å²) in [5, 5.41) is 7.42. The molecule has 0 fully saturated rings. The van der Waals surface area contributed by atoms with Crippen LogP contribution in [-0.4, -0.2) is 16.1 Å². The molecule has 0 saturated heterocycles. The summed E-state index contributed by atoms with van der Waals surface area (Å²) in [5.74, 6) is -0.833. The van der Waals surface area contributed by atoms with E-state index < -0.39 is 5.97 Å². The Balaban J connectivity index is 0. The number of halogens is 1. The first-order chi connectivity index (χ1) is 4.73. The Morgan fingerprint density at radius 1 is 1.27 bits per heavy atom. The van der Waals surface area contributed by atoms with Gasteiger partial charge < -0.3 is 5.11 Å². The third-order valence-electron chi connectivity index (χ3n) is 0.566. The quantitative estimate of drug-likeness (QED) is 0.652. The van der Waals surface area contributed by atoms with Gasteiger partial charge in [-0.2, -0.15) is 0 Å². The lowest BCUT2D eigenvalue weighted by molar-refractivity contribution is -0.134. The first-order valence-corrected chi connectivity index (χ1v) is 2.78. The molecule has 0 amide bonds. The number of hydrogen-bond acceptors (Lipinski definition) is 2. The second-order valence-electron chi connectivity index (χ2n) is 1.54. The van der Waals surface area contributed by atoms with E-state index in [9.17, 15) is 0 Å². The molecule has 0 aliphatic heterocycles. The van der Waals surface area contributed by atoms with Crippen LogP contribution in [0.4, 0.5) is 0 Å². The fourth-order valence-corrected chi connectivity index (χ4v) is 0.313. The summed E-state index contributed by atoms with van der Waals surface area (Å²) in [6.07, 6.45) is 3.50. The zero-order chi connectivity index (χ0) is 7.82. The minimum absolute atomic E-state index is 0. The van der Waals surface area contributed by atoms with Crippen LogP contribution in [-0.2, 0) is 4.79 Å². The predicted octanol–water partition coefficient (Wildman–Crippen LogP) is 1.59. The predicted molar refractivity (Wildman–Crippen MR) is 44.8 cm³/mol. The Labute approximate surface area is 71.5 Å². The molecule has 1 heterocycles. The highest BCUT2D eigenvalue weighted by Crippen LogP contribution is 1.73. The van der Waals surface area contributed by atoms with Crippen molar-refractivity contribution in [2.45, 2.75) is 6.92 Å². The molecule has 1 aromatic heterocycles. The third-order valence-corrected chi connectivity index (χ3v) is 0.566. The van der Waals surface area contributed by atoms with E-state index in [1.807, 2.05) is 18.2 Å². The molecule has 4 heteroatoms. The Morgan fingerprint density at radius 3 is 1.73 bits per heavy atom. The van der Waals surface area contributed by atoms with Crippen molar-refractivity contribution < 1.29 is 9.90 Å². The van der Waals surface area contributed by atoms with E-state index in [1.165, 1.54) is 0 Å². The maximum atomic E-state index is 9.00.